The highest BCUT2D eigenvalue weighted by molar-refractivity contribution is 6.52. The summed E-state index contributed by atoms with van der Waals surface area (Å²) in [5, 5.41) is 11.0. The molecule has 2 aliphatic rings. The van der Waals surface area contributed by atoms with Gasteiger partial charge in [-0.05, 0) is 42.3 Å². The summed E-state index contributed by atoms with van der Waals surface area (Å²) in [4.78, 5) is 7.49. The van der Waals surface area contributed by atoms with Crippen LogP contribution in [0.2, 0.25) is 0 Å². The van der Waals surface area contributed by atoms with Crippen LogP contribution in [0.3, 0.4) is 0 Å². The van der Waals surface area contributed by atoms with Crippen LogP contribution < -0.4 is 4.65 Å². The average Bonchev–Trinajstić information content (AvgIpc) is 3.05. The molecule has 0 radical (unpaired) electrons. The van der Waals surface area contributed by atoms with Gasteiger partial charge in [0.25, 0.3) is 0 Å². The number of aromatic amines is 1. The Labute approximate surface area is 118 Å². The Kier molecular flexibility index (Phi) is 2.64. The van der Waals surface area contributed by atoms with Crippen LogP contribution in [-0.4, -0.2) is 22.1 Å². The summed E-state index contributed by atoms with van der Waals surface area (Å²) in [5.41, 5.74) is 3.22. The van der Waals surface area contributed by atoms with E-state index >= 15 is 0 Å². The molecule has 2 atom stereocenters. The lowest BCUT2D eigenvalue weighted by atomic mass is 9.76. The fourth-order valence-electron chi connectivity index (χ4n) is 3.61. The minimum Gasteiger partial charge on any atom is -0.531 e. The molecule has 2 aromatic rings. The van der Waals surface area contributed by atoms with Crippen molar-refractivity contribution in [1.29, 1.82) is 0 Å². The highest BCUT2D eigenvalue weighted by atomic mass is 16.5. The van der Waals surface area contributed by atoms with Gasteiger partial charge in [-0.15, -0.1) is 0 Å². The van der Waals surface area contributed by atoms with Gasteiger partial charge in [0, 0.05) is 17.1 Å². The maximum Gasteiger partial charge on any atom is 0.552 e. The number of aromatic nitrogens is 2. The van der Waals surface area contributed by atoms with E-state index in [0.29, 0.717) is 11.7 Å². The maximum atomic E-state index is 9.94. The summed E-state index contributed by atoms with van der Waals surface area (Å²) in [7, 11) is -0.855. The van der Waals surface area contributed by atoms with Crippen LogP contribution in [0.5, 0.6) is 5.75 Å². The number of H-pyrrole nitrogens is 1. The van der Waals surface area contributed by atoms with Gasteiger partial charge in [0.15, 0.2) is 0 Å². The molecule has 0 bridgehead atoms. The fourth-order valence-corrected chi connectivity index (χ4v) is 3.61. The monoisotopic (exact) mass is 268 g/mol. The van der Waals surface area contributed by atoms with E-state index in [1.807, 2.05) is 18.2 Å². The van der Waals surface area contributed by atoms with Gasteiger partial charge in [-0.1, -0.05) is 13.3 Å². The molecule has 0 saturated heterocycles. The quantitative estimate of drug-likeness (QED) is 0.782. The van der Waals surface area contributed by atoms with Crippen LogP contribution in [-0.2, 0) is 0 Å². The zero-order chi connectivity index (χ0) is 13.7. The molecule has 20 heavy (non-hydrogen) atoms. The zero-order valence-corrected chi connectivity index (χ0v) is 11.5. The largest absolute Gasteiger partial charge is 0.552 e. The number of rotatable bonds is 1. The molecule has 0 spiro atoms. The first-order valence-corrected chi connectivity index (χ1v) is 7.25. The van der Waals surface area contributed by atoms with E-state index in [-0.39, 0.29) is 0 Å². The van der Waals surface area contributed by atoms with E-state index < -0.39 is 7.12 Å². The van der Waals surface area contributed by atoms with Gasteiger partial charge in [0.1, 0.15) is 11.4 Å². The first-order valence-electron chi connectivity index (χ1n) is 7.25. The maximum absolute atomic E-state index is 9.94. The lowest BCUT2D eigenvalue weighted by Gasteiger charge is -2.25. The molecular formula is C15H17BN2O2. The topological polar surface area (TPSA) is 58.1 Å². The van der Waals surface area contributed by atoms with Gasteiger partial charge in [-0.2, -0.15) is 0 Å². The van der Waals surface area contributed by atoms with Crippen molar-refractivity contribution in [3.63, 3.8) is 0 Å². The smallest absolute Gasteiger partial charge is 0.531 e. The predicted molar refractivity (Wildman–Crippen MR) is 79.2 cm³/mol. The van der Waals surface area contributed by atoms with Crippen LogP contribution in [0.1, 0.15) is 31.7 Å². The Balaban J connectivity index is 1.88. The molecule has 1 fully saturated rings. The van der Waals surface area contributed by atoms with Crippen molar-refractivity contribution in [2.75, 3.05) is 0 Å². The number of fused-ring (bicyclic) bond motifs is 3. The Bertz CT molecular complexity index is 694. The molecule has 4 rings (SSSR count). The first-order chi connectivity index (χ1) is 9.72. The molecule has 0 aromatic carbocycles. The summed E-state index contributed by atoms with van der Waals surface area (Å²) >= 11 is 0. The Morgan fingerprint density at radius 2 is 2.35 bits per heavy atom. The van der Waals surface area contributed by atoms with Crippen LogP contribution in [0, 0.1) is 11.8 Å². The van der Waals surface area contributed by atoms with Crippen LogP contribution in [0.15, 0.2) is 24.4 Å². The first kappa shape index (κ1) is 12.0. The third-order valence-electron chi connectivity index (χ3n) is 4.54. The van der Waals surface area contributed by atoms with E-state index in [0.717, 1.165) is 22.5 Å². The summed E-state index contributed by atoms with van der Waals surface area (Å²) in [6.45, 7) is 2.30. The number of pyridine rings is 1. The molecule has 2 N–H and O–H groups in total. The molecule has 4 nitrogen and oxygen atoms in total. The summed E-state index contributed by atoms with van der Waals surface area (Å²) in [5.74, 6) is 3.84. The van der Waals surface area contributed by atoms with E-state index in [9.17, 15) is 5.02 Å². The van der Waals surface area contributed by atoms with E-state index in [1.165, 1.54) is 24.8 Å². The van der Waals surface area contributed by atoms with Gasteiger partial charge in [-0.3, -0.25) is 0 Å². The van der Waals surface area contributed by atoms with Gasteiger partial charge in [-0.25, -0.2) is 4.98 Å². The number of nitrogens with one attached hydrogen (secondary N) is 1. The van der Waals surface area contributed by atoms with Gasteiger partial charge < -0.3 is 14.7 Å². The van der Waals surface area contributed by atoms with E-state index in [2.05, 4.69) is 16.9 Å². The van der Waals surface area contributed by atoms with E-state index in [4.69, 9.17) is 4.65 Å². The number of allylic oxidation sites excluding steroid dienone is 1. The summed E-state index contributed by atoms with van der Waals surface area (Å²) in [6, 6.07) is 2.04. The Morgan fingerprint density at radius 1 is 1.45 bits per heavy atom. The number of nitrogens with zero attached hydrogens (tertiary/aromatic N) is 1. The van der Waals surface area contributed by atoms with Gasteiger partial charge in [0.05, 0.1) is 6.20 Å². The Morgan fingerprint density at radius 3 is 3.15 bits per heavy atom. The van der Waals surface area contributed by atoms with Crippen molar-refractivity contribution >= 4 is 23.7 Å². The molecular weight excluding hydrogens is 251 g/mol. The molecule has 1 aliphatic heterocycles. The third kappa shape index (κ3) is 1.77. The van der Waals surface area contributed by atoms with Crippen molar-refractivity contribution in [3.8, 4) is 5.75 Å². The second-order valence-electron chi connectivity index (χ2n) is 5.98. The second-order valence-corrected chi connectivity index (χ2v) is 5.98. The molecule has 0 amide bonds. The molecule has 102 valence electrons. The second kappa shape index (κ2) is 4.38. The molecule has 3 heterocycles. The van der Waals surface area contributed by atoms with Crippen LogP contribution in [0.4, 0.5) is 0 Å². The molecule has 5 heteroatoms. The normalized spacial score (nSPS) is 25.5. The van der Waals surface area contributed by atoms with Crippen molar-refractivity contribution in [2.24, 2.45) is 11.8 Å². The van der Waals surface area contributed by atoms with Crippen molar-refractivity contribution in [1.82, 2.24) is 9.97 Å². The average molecular weight is 268 g/mol. The third-order valence-corrected chi connectivity index (χ3v) is 4.54. The van der Waals surface area contributed by atoms with Gasteiger partial charge in [0.2, 0.25) is 0 Å². The fraction of sp³-hybridized carbons (Fsp3) is 0.400. The van der Waals surface area contributed by atoms with Crippen LogP contribution in [0.25, 0.3) is 16.6 Å². The Hall–Kier alpha value is -1.75. The minimum absolute atomic E-state index is 0.516. The predicted octanol–water partition coefficient (Wildman–Crippen LogP) is 2.79. The highest BCUT2D eigenvalue weighted by Crippen LogP contribution is 2.45. The van der Waals surface area contributed by atoms with E-state index in [1.54, 1.807) is 6.20 Å². The highest BCUT2D eigenvalue weighted by Gasteiger charge is 2.33. The lowest BCUT2D eigenvalue weighted by Crippen LogP contribution is -2.25. The van der Waals surface area contributed by atoms with Crippen LogP contribution >= 0.6 is 0 Å². The van der Waals surface area contributed by atoms with Crippen molar-refractivity contribution < 1.29 is 9.68 Å². The number of hydrogen-bond acceptors (Lipinski definition) is 3. The molecule has 1 aliphatic carbocycles. The molecule has 1 saturated carbocycles. The van der Waals surface area contributed by atoms with Crippen molar-refractivity contribution in [2.45, 2.75) is 26.2 Å². The van der Waals surface area contributed by atoms with Crippen molar-refractivity contribution in [3.05, 3.63) is 30.0 Å². The lowest BCUT2D eigenvalue weighted by molar-refractivity contribution is 0.425. The zero-order valence-electron chi connectivity index (χ0n) is 11.5. The summed E-state index contributed by atoms with van der Waals surface area (Å²) < 4.78 is 5.53. The summed E-state index contributed by atoms with van der Waals surface area (Å²) in [6.07, 6.45) is 7.25. The number of hydrogen-bond donors (Lipinski definition) is 2. The standard InChI is InChI=1S/C15H17BN2O2/c1-9-2-3-10(6-9)12-7-16(19)20-13-8-18-15-11(14(12)13)4-5-17-15/h4-5,7-10,19H,2-3,6H2,1H3,(H,17,18). The van der Waals surface area contributed by atoms with Gasteiger partial charge >= 0.3 is 7.12 Å². The molecule has 2 unspecified atom stereocenters. The molecule has 2 aromatic heterocycles. The minimum atomic E-state index is -0.855. The SMILES string of the molecule is CC1CCC(C2=CB(O)Oc3cnc4[nH]ccc4c32)C1.